The first-order chi connectivity index (χ1) is 10.9. The van der Waals surface area contributed by atoms with Crippen molar-refractivity contribution in [1.29, 1.82) is 0 Å². The van der Waals surface area contributed by atoms with Gasteiger partial charge in [-0.2, -0.15) is 8.78 Å². The van der Waals surface area contributed by atoms with Crippen LogP contribution in [0.3, 0.4) is 0 Å². The van der Waals surface area contributed by atoms with Crippen LogP contribution in [0.15, 0.2) is 18.2 Å². The molecule has 2 N–H and O–H groups in total. The number of carboxylic acids is 1. The van der Waals surface area contributed by atoms with Crippen LogP contribution >= 0.6 is 11.6 Å². The fraction of sp³-hybridized carbons (Fsp3) is 0.429. The van der Waals surface area contributed by atoms with Crippen molar-refractivity contribution < 1.29 is 28.2 Å². The van der Waals surface area contributed by atoms with Crippen LogP contribution in [0.4, 0.5) is 14.5 Å². The SMILES string of the molecule is O=C(CN1CCC[C@@H]1C(=O)O)Nc1ccc(OC(F)F)c(Cl)c1. The van der Waals surface area contributed by atoms with E-state index in [0.717, 1.165) is 6.42 Å². The van der Waals surface area contributed by atoms with Gasteiger partial charge in [-0.3, -0.25) is 14.5 Å². The number of carboxylic acid groups (broad SMARTS) is 1. The van der Waals surface area contributed by atoms with Gasteiger partial charge >= 0.3 is 12.6 Å². The van der Waals surface area contributed by atoms with E-state index in [1.807, 2.05) is 0 Å². The highest BCUT2D eigenvalue weighted by Gasteiger charge is 2.31. The number of likely N-dealkylation sites (tertiary alicyclic amines) is 1. The molecule has 1 amide bonds. The minimum absolute atomic E-state index is 0.0623. The smallest absolute Gasteiger partial charge is 0.387 e. The van der Waals surface area contributed by atoms with Crippen molar-refractivity contribution in [3.8, 4) is 5.75 Å². The zero-order valence-electron chi connectivity index (χ0n) is 12.0. The molecule has 2 rings (SSSR count). The van der Waals surface area contributed by atoms with E-state index in [9.17, 15) is 18.4 Å². The summed E-state index contributed by atoms with van der Waals surface area (Å²) in [4.78, 5) is 24.6. The average Bonchev–Trinajstić information content (AvgIpc) is 2.89. The Morgan fingerprint density at radius 2 is 2.22 bits per heavy atom. The number of alkyl halides is 2. The minimum atomic E-state index is -2.99. The normalized spacial score (nSPS) is 18.2. The Morgan fingerprint density at radius 1 is 1.48 bits per heavy atom. The van der Waals surface area contributed by atoms with Crippen LogP contribution in [0.25, 0.3) is 0 Å². The fourth-order valence-corrected chi connectivity index (χ4v) is 2.68. The fourth-order valence-electron chi connectivity index (χ4n) is 2.45. The molecule has 0 unspecified atom stereocenters. The second kappa shape index (κ2) is 7.56. The van der Waals surface area contributed by atoms with Crippen LogP contribution in [0.2, 0.25) is 5.02 Å². The summed E-state index contributed by atoms with van der Waals surface area (Å²) in [6.07, 6.45) is 1.23. The van der Waals surface area contributed by atoms with E-state index in [1.54, 1.807) is 4.90 Å². The molecule has 0 spiro atoms. The lowest BCUT2D eigenvalue weighted by atomic mass is 10.2. The summed E-state index contributed by atoms with van der Waals surface area (Å²) in [7, 11) is 0. The molecular formula is C14H15ClF2N2O4. The largest absolute Gasteiger partial charge is 0.480 e. The minimum Gasteiger partial charge on any atom is -0.480 e. The molecule has 1 aromatic carbocycles. The summed E-state index contributed by atoms with van der Waals surface area (Å²) in [5, 5.41) is 11.5. The van der Waals surface area contributed by atoms with E-state index in [2.05, 4.69) is 10.1 Å². The van der Waals surface area contributed by atoms with Crippen LogP contribution in [0.1, 0.15) is 12.8 Å². The Balaban J connectivity index is 1.95. The molecule has 1 aliphatic rings. The number of nitrogens with one attached hydrogen (secondary N) is 1. The highest BCUT2D eigenvalue weighted by molar-refractivity contribution is 6.32. The maximum absolute atomic E-state index is 12.1. The summed E-state index contributed by atoms with van der Waals surface area (Å²) >= 11 is 5.79. The Labute approximate surface area is 136 Å². The van der Waals surface area contributed by atoms with Crippen molar-refractivity contribution in [2.75, 3.05) is 18.4 Å². The lowest BCUT2D eigenvalue weighted by molar-refractivity contribution is -0.142. The molecule has 0 aliphatic carbocycles. The van der Waals surface area contributed by atoms with Crippen molar-refractivity contribution in [3.63, 3.8) is 0 Å². The third-order valence-corrected chi connectivity index (χ3v) is 3.72. The molecular weight excluding hydrogens is 334 g/mol. The maximum Gasteiger partial charge on any atom is 0.387 e. The quantitative estimate of drug-likeness (QED) is 0.825. The van der Waals surface area contributed by atoms with Crippen LogP contribution in [-0.4, -0.2) is 47.6 Å². The Bertz CT molecular complexity index is 600. The molecule has 0 aromatic heterocycles. The number of carbonyl (C=O) groups excluding carboxylic acids is 1. The number of hydrogen-bond donors (Lipinski definition) is 2. The zero-order valence-corrected chi connectivity index (χ0v) is 12.7. The summed E-state index contributed by atoms with van der Waals surface area (Å²) in [5.41, 5.74) is 0.313. The Morgan fingerprint density at radius 3 is 2.83 bits per heavy atom. The second-order valence-electron chi connectivity index (χ2n) is 5.04. The van der Waals surface area contributed by atoms with Gasteiger partial charge in [0.25, 0.3) is 0 Å². The molecule has 1 aromatic rings. The topological polar surface area (TPSA) is 78.9 Å². The summed E-state index contributed by atoms with van der Waals surface area (Å²) in [5.74, 6) is -1.55. The summed E-state index contributed by atoms with van der Waals surface area (Å²) in [6.45, 7) is -2.52. The molecule has 1 fully saturated rings. The Kier molecular flexibility index (Phi) is 5.73. The lowest BCUT2D eigenvalue weighted by Crippen LogP contribution is -2.40. The van der Waals surface area contributed by atoms with Gasteiger partial charge in [-0.05, 0) is 37.6 Å². The van der Waals surface area contributed by atoms with Crippen LogP contribution in [-0.2, 0) is 9.59 Å². The third-order valence-electron chi connectivity index (χ3n) is 3.43. The summed E-state index contributed by atoms with van der Waals surface area (Å²) in [6, 6.07) is 3.22. The first-order valence-electron chi connectivity index (χ1n) is 6.88. The molecule has 23 heavy (non-hydrogen) atoms. The number of amides is 1. The van der Waals surface area contributed by atoms with E-state index in [-0.39, 0.29) is 17.3 Å². The number of nitrogens with zero attached hydrogens (tertiary/aromatic N) is 1. The van der Waals surface area contributed by atoms with Gasteiger partial charge in [-0.1, -0.05) is 11.6 Å². The number of anilines is 1. The van der Waals surface area contributed by atoms with Gasteiger partial charge in [0.05, 0.1) is 11.6 Å². The van der Waals surface area contributed by atoms with E-state index in [4.69, 9.17) is 16.7 Å². The van der Waals surface area contributed by atoms with Gasteiger partial charge in [0.2, 0.25) is 5.91 Å². The van der Waals surface area contributed by atoms with Crippen molar-refractivity contribution in [1.82, 2.24) is 4.90 Å². The van der Waals surface area contributed by atoms with E-state index >= 15 is 0 Å². The molecule has 6 nitrogen and oxygen atoms in total. The molecule has 1 heterocycles. The van der Waals surface area contributed by atoms with E-state index in [0.29, 0.717) is 18.7 Å². The first kappa shape index (κ1) is 17.4. The molecule has 1 atom stereocenters. The highest BCUT2D eigenvalue weighted by atomic mass is 35.5. The number of halogens is 3. The average molecular weight is 349 g/mol. The standard InChI is InChI=1S/C14H15ClF2N2O4/c15-9-6-8(3-4-11(9)23-14(16)17)18-12(20)7-19-5-1-2-10(19)13(21)22/h3-4,6,10,14H,1-2,5,7H2,(H,18,20)(H,21,22)/t10-/m1/s1. The number of carbonyl (C=O) groups is 2. The van der Waals surface area contributed by atoms with Gasteiger partial charge in [-0.25, -0.2) is 0 Å². The molecule has 0 radical (unpaired) electrons. The van der Waals surface area contributed by atoms with Crippen LogP contribution in [0, 0.1) is 0 Å². The van der Waals surface area contributed by atoms with Gasteiger partial charge < -0.3 is 15.2 Å². The lowest BCUT2D eigenvalue weighted by Gasteiger charge is -2.20. The maximum atomic E-state index is 12.1. The number of ether oxygens (including phenoxy) is 1. The van der Waals surface area contributed by atoms with E-state index in [1.165, 1.54) is 18.2 Å². The monoisotopic (exact) mass is 348 g/mol. The number of benzene rings is 1. The third kappa shape index (κ3) is 4.77. The van der Waals surface area contributed by atoms with Crippen molar-refractivity contribution >= 4 is 29.2 Å². The predicted octanol–water partition coefficient (Wildman–Crippen LogP) is 2.43. The first-order valence-corrected chi connectivity index (χ1v) is 7.25. The van der Waals surface area contributed by atoms with Crippen molar-refractivity contribution in [2.24, 2.45) is 0 Å². The van der Waals surface area contributed by atoms with Gasteiger partial charge in [0.1, 0.15) is 11.8 Å². The molecule has 0 bridgehead atoms. The zero-order chi connectivity index (χ0) is 17.0. The van der Waals surface area contributed by atoms with Crippen LogP contribution < -0.4 is 10.1 Å². The highest BCUT2D eigenvalue weighted by Crippen LogP contribution is 2.29. The number of rotatable bonds is 6. The summed E-state index contributed by atoms with van der Waals surface area (Å²) < 4.78 is 28.5. The van der Waals surface area contributed by atoms with Gasteiger partial charge in [0.15, 0.2) is 0 Å². The number of aliphatic carboxylic acids is 1. The van der Waals surface area contributed by atoms with Crippen molar-refractivity contribution in [3.05, 3.63) is 23.2 Å². The second-order valence-corrected chi connectivity index (χ2v) is 5.45. The van der Waals surface area contributed by atoms with Gasteiger partial charge in [-0.15, -0.1) is 0 Å². The van der Waals surface area contributed by atoms with Gasteiger partial charge in [0, 0.05) is 5.69 Å². The molecule has 1 saturated heterocycles. The molecule has 9 heteroatoms. The van der Waals surface area contributed by atoms with Crippen molar-refractivity contribution in [2.45, 2.75) is 25.5 Å². The van der Waals surface area contributed by atoms with E-state index < -0.39 is 24.5 Å². The predicted molar refractivity (Wildman–Crippen MR) is 78.9 cm³/mol. The Hall–Kier alpha value is -1.93. The molecule has 1 aliphatic heterocycles. The van der Waals surface area contributed by atoms with Crippen LogP contribution in [0.5, 0.6) is 5.75 Å². The number of hydrogen-bond acceptors (Lipinski definition) is 4. The molecule has 126 valence electrons. The molecule has 0 saturated carbocycles.